The molecule has 15 heteroatoms. The van der Waals surface area contributed by atoms with Crippen LogP contribution in [-0.4, -0.2) is 57.3 Å². The first-order valence-electron chi connectivity index (χ1n) is 49.9. The van der Waals surface area contributed by atoms with E-state index in [1.807, 2.05) is 271 Å². The number of aromatic nitrogens is 12. The van der Waals surface area contributed by atoms with E-state index in [-0.39, 0.29) is 11.3 Å². The van der Waals surface area contributed by atoms with Crippen molar-refractivity contribution in [1.82, 2.24) is 57.3 Å². The number of halogens is 3. The van der Waals surface area contributed by atoms with Crippen LogP contribution in [0.4, 0.5) is 13.2 Å². The predicted molar refractivity (Wildman–Crippen MR) is 605 cm³/mol. The molecule has 149 heavy (non-hydrogen) atoms. The largest absolute Gasteiger partial charge is 0.419 e. The van der Waals surface area contributed by atoms with E-state index in [1.165, 1.54) is 71.1 Å². The molecule has 0 aliphatic rings. The maximum absolute atomic E-state index is 16.3. The third-order valence-corrected chi connectivity index (χ3v) is 28.9. The molecule has 29 rings (SSSR count). The average Bonchev–Trinajstić information content (AvgIpc) is 1.68. The number of hydrogen-bond donors (Lipinski definition) is 0. The first-order chi connectivity index (χ1) is 73.5. The number of rotatable bonds is 14. The number of para-hydroxylation sites is 10. The van der Waals surface area contributed by atoms with Gasteiger partial charge in [-0.05, 0) is 204 Å². The quantitative estimate of drug-likeness (QED) is 0.107. The van der Waals surface area contributed by atoms with Gasteiger partial charge in [0.2, 0.25) is 5.95 Å². The fraction of sp³-hybridized carbons (Fsp3) is 0.0149. The molecule has 0 fully saturated rings. The van der Waals surface area contributed by atoms with Crippen LogP contribution in [0.15, 0.2) is 510 Å². The minimum atomic E-state index is -4.72. The van der Waals surface area contributed by atoms with Gasteiger partial charge in [0.1, 0.15) is 0 Å². The molecular weight excluding hydrogens is 1830 g/mol. The van der Waals surface area contributed by atoms with Crippen LogP contribution in [0.1, 0.15) is 11.1 Å². The van der Waals surface area contributed by atoms with Crippen LogP contribution in [0, 0.1) is 6.92 Å². The summed E-state index contributed by atoms with van der Waals surface area (Å²) in [6.07, 6.45) is -1.10. The molecule has 0 saturated heterocycles. The molecule has 10 heterocycles. The Morgan fingerprint density at radius 1 is 0.188 bits per heavy atom. The summed E-state index contributed by atoms with van der Waals surface area (Å²) in [7, 11) is 0. The zero-order chi connectivity index (χ0) is 99.3. The molecule has 0 N–H and O–H groups in total. The Labute approximate surface area is 854 Å². The van der Waals surface area contributed by atoms with Crippen LogP contribution < -0.4 is 0 Å². The monoisotopic (exact) mass is 1920 g/mol. The second-order valence-corrected chi connectivity index (χ2v) is 37.5. The number of nitrogens with zero attached hydrogens (tertiary/aromatic N) is 12. The molecule has 0 amide bonds. The van der Waals surface area contributed by atoms with Crippen LogP contribution in [0.3, 0.4) is 0 Å². The van der Waals surface area contributed by atoms with Crippen molar-refractivity contribution in [2.24, 2.45) is 0 Å². The van der Waals surface area contributed by atoms with Gasteiger partial charge in [0.15, 0.2) is 11.6 Å². The van der Waals surface area contributed by atoms with Crippen molar-refractivity contribution in [3.05, 3.63) is 521 Å². The molecule has 0 unspecified atom stereocenters. The van der Waals surface area contributed by atoms with Crippen molar-refractivity contribution in [1.29, 1.82) is 0 Å². The van der Waals surface area contributed by atoms with Gasteiger partial charge in [-0.3, -0.25) is 14.5 Å². The summed E-state index contributed by atoms with van der Waals surface area (Å²) in [6.45, 7) is 1.85. The van der Waals surface area contributed by atoms with Gasteiger partial charge in [0, 0.05) is 111 Å². The normalized spacial score (nSPS) is 11.8. The highest BCUT2D eigenvalue weighted by Crippen LogP contribution is 2.54. The zero-order valence-corrected chi connectivity index (χ0v) is 80.5. The number of hydrogen-bond acceptors (Lipinski definition) is 6. The zero-order valence-electron chi connectivity index (χ0n) is 80.5. The van der Waals surface area contributed by atoms with E-state index in [4.69, 9.17) is 19.9 Å². The summed E-state index contributed by atoms with van der Waals surface area (Å²) >= 11 is 0. The second kappa shape index (κ2) is 36.6. The van der Waals surface area contributed by atoms with E-state index in [0.717, 1.165) is 144 Å². The summed E-state index contributed by atoms with van der Waals surface area (Å²) in [5, 5.41) is 13.4. The topological polar surface area (TPSA) is 107 Å². The molecule has 0 aliphatic heterocycles. The Hall–Kier alpha value is -19.8. The highest BCUT2D eigenvalue weighted by atomic mass is 19.4. The number of pyridine rings is 3. The van der Waals surface area contributed by atoms with Gasteiger partial charge >= 0.3 is 6.18 Å². The summed E-state index contributed by atoms with van der Waals surface area (Å²) in [5.74, 6) is 1.87. The Morgan fingerprint density at radius 2 is 0.450 bits per heavy atom. The van der Waals surface area contributed by atoms with E-state index < -0.39 is 11.7 Å². The number of benzene rings is 19. The van der Waals surface area contributed by atoms with Crippen LogP contribution in [0.5, 0.6) is 0 Å². The molecule has 704 valence electrons. The Morgan fingerprint density at radius 3 is 0.779 bits per heavy atom. The van der Waals surface area contributed by atoms with E-state index in [0.29, 0.717) is 34.4 Å². The van der Waals surface area contributed by atoms with E-state index >= 15 is 13.2 Å². The van der Waals surface area contributed by atoms with Gasteiger partial charge in [-0.25, -0.2) is 9.97 Å². The first-order valence-corrected chi connectivity index (χ1v) is 49.9. The smallest absolute Gasteiger partial charge is 0.309 e. The molecule has 0 bridgehead atoms. The van der Waals surface area contributed by atoms with Crippen molar-refractivity contribution in [2.75, 3.05) is 0 Å². The molecule has 0 saturated carbocycles. The van der Waals surface area contributed by atoms with Gasteiger partial charge in [-0.2, -0.15) is 23.1 Å². The Balaban J connectivity index is 0.000000110. The number of alkyl halides is 3. The van der Waals surface area contributed by atoms with Crippen molar-refractivity contribution >= 4 is 131 Å². The lowest BCUT2D eigenvalue weighted by Crippen LogP contribution is -2.18. The minimum absolute atomic E-state index is 0.132. The van der Waals surface area contributed by atoms with Crippen LogP contribution >= 0.6 is 0 Å². The Bertz CT molecular complexity index is 9650. The highest BCUT2D eigenvalue weighted by Gasteiger charge is 2.43. The van der Waals surface area contributed by atoms with Crippen molar-refractivity contribution in [3.8, 4) is 124 Å². The van der Waals surface area contributed by atoms with Gasteiger partial charge in [-0.15, -0.1) is 0 Å². The third-order valence-electron chi connectivity index (χ3n) is 28.9. The molecular formula is C134H87F3N12. The van der Waals surface area contributed by atoms with Crippen molar-refractivity contribution < 1.29 is 13.2 Å². The third kappa shape index (κ3) is 15.2. The fourth-order valence-corrected chi connectivity index (χ4v) is 22.4. The average molecular weight is 1920 g/mol. The predicted octanol–water partition coefficient (Wildman–Crippen LogP) is 34.7. The lowest BCUT2D eigenvalue weighted by Gasteiger charge is -2.29. The summed E-state index contributed by atoms with van der Waals surface area (Å²) < 4.78 is 62.1. The van der Waals surface area contributed by atoms with Crippen LogP contribution in [0.2, 0.25) is 0 Å². The van der Waals surface area contributed by atoms with Gasteiger partial charge < -0.3 is 22.8 Å². The molecule has 19 aromatic carbocycles. The minimum Gasteiger partial charge on any atom is -0.309 e. The molecule has 0 spiro atoms. The second-order valence-electron chi connectivity index (χ2n) is 37.5. The maximum atomic E-state index is 16.3. The lowest BCUT2D eigenvalue weighted by molar-refractivity contribution is -0.137. The summed E-state index contributed by atoms with van der Waals surface area (Å²) in [5.41, 5.74) is 28.1. The molecule has 0 atom stereocenters. The van der Waals surface area contributed by atoms with E-state index in [2.05, 4.69) is 271 Å². The molecule has 10 aromatic heterocycles. The van der Waals surface area contributed by atoms with Crippen molar-refractivity contribution in [2.45, 2.75) is 13.1 Å². The van der Waals surface area contributed by atoms with Crippen molar-refractivity contribution in [3.63, 3.8) is 0 Å². The van der Waals surface area contributed by atoms with Gasteiger partial charge in [-0.1, -0.05) is 340 Å². The summed E-state index contributed by atoms with van der Waals surface area (Å²) in [6, 6.07) is 170. The maximum Gasteiger partial charge on any atom is 0.419 e. The first kappa shape index (κ1) is 88.2. The molecule has 29 aromatic rings. The summed E-state index contributed by atoms with van der Waals surface area (Å²) in [4.78, 5) is 29.4. The molecule has 12 nitrogen and oxygen atoms in total. The highest BCUT2D eigenvalue weighted by molar-refractivity contribution is 6.18. The van der Waals surface area contributed by atoms with Gasteiger partial charge in [0.05, 0.1) is 112 Å². The molecule has 0 radical (unpaired) electrons. The number of fused-ring (bicyclic) bond motifs is 18. The van der Waals surface area contributed by atoms with Gasteiger partial charge in [0.25, 0.3) is 0 Å². The van der Waals surface area contributed by atoms with E-state index in [9.17, 15) is 0 Å². The Kier molecular flexibility index (Phi) is 21.6. The molecule has 0 aliphatic carbocycles. The van der Waals surface area contributed by atoms with Crippen LogP contribution in [-0.2, 0) is 6.18 Å². The fourth-order valence-electron chi connectivity index (χ4n) is 22.4. The van der Waals surface area contributed by atoms with Crippen LogP contribution in [0.25, 0.3) is 255 Å². The standard InChI is InChI=1S/2C45H29N5.C44H29F3N2/c1-4-14-30(15-5-1)43-46-44(31-16-6-2-7-17-31)48-45(47-43)50-40-23-13-11-21-36(40)38-29-33(25-27-42(38)50)32-24-26-41-37(28-32)35-20-10-12-22-39(35)49(41)34-18-8-3-9-19-34;1-2-12-32(13-3-1)49-42-18-6-4-14-34(42)36-26-30(20-22-44(36)49)31-21-23-45-37(27-31)35-15-5-7-19-43(35)50(45)33-28-40(38-16-8-10-24-46-38)48-41(29-33)39-17-9-11-25-47-39;1-28-39(29-16-4-2-5-17-29)43(49-37-26-14-10-22-33(37)34-23-11-15-27-38(34)49)40(30-18-6-3-7-19-30)41(44(45,46)47)42(28)48-35-24-12-8-20-31(35)32-21-9-13-25-36(32)48/h2*1-29H;2-27H,1H3. The SMILES string of the molecule is Cc1c(-c2ccccc2)c(-n2c3ccccc3c3ccccc32)c(-c2ccccc2)c(C(F)(F)F)c1-n1c2ccccc2c2ccccc21.c1ccc(-c2nc(-c3ccccc3)nc(-n3c4ccccc4c4cc(-c5ccc6c(c5)c5ccccc5n6-c5ccccc5)ccc43)n2)cc1.c1ccc(-n2c3ccccc3c3cc(-c4ccc5c(c4)c4ccccc4n5-c4cc(-c5ccccn5)nc(-c5ccccn5)c4)ccc32)cc1. The lowest BCUT2D eigenvalue weighted by atomic mass is 9.85. The van der Waals surface area contributed by atoms with E-state index in [1.54, 1.807) is 12.1 Å².